The Morgan fingerprint density at radius 3 is 2.52 bits per heavy atom. The fourth-order valence-corrected chi connectivity index (χ4v) is 6.29. The number of furan rings is 1. The lowest BCUT2D eigenvalue weighted by Crippen LogP contribution is -2.40. The Bertz CT molecular complexity index is 1740. The summed E-state index contributed by atoms with van der Waals surface area (Å²) in [6, 6.07) is 19.9. The zero-order chi connectivity index (χ0) is 27.6. The van der Waals surface area contributed by atoms with Crippen LogP contribution in [0.4, 0.5) is 11.6 Å². The van der Waals surface area contributed by atoms with E-state index in [1.165, 1.54) is 17.8 Å². The monoisotopic (exact) mass is 554 g/mol. The highest BCUT2D eigenvalue weighted by atomic mass is 32.1. The van der Waals surface area contributed by atoms with E-state index in [2.05, 4.69) is 10.2 Å². The van der Waals surface area contributed by atoms with Crippen molar-refractivity contribution in [2.24, 2.45) is 4.99 Å². The van der Waals surface area contributed by atoms with Gasteiger partial charge in [0.15, 0.2) is 10.7 Å². The molecule has 1 N–H and O–H groups in total. The van der Waals surface area contributed by atoms with Crippen molar-refractivity contribution in [2.75, 3.05) is 30.4 Å². The van der Waals surface area contributed by atoms with Crippen molar-refractivity contribution in [1.29, 1.82) is 0 Å². The number of nitrogens with one attached hydrogen (secondary N) is 1. The van der Waals surface area contributed by atoms with Crippen molar-refractivity contribution >= 4 is 34.9 Å². The molecule has 1 fully saturated rings. The number of para-hydroxylation sites is 1. The van der Waals surface area contributed by atoms with E-state index in [9.17, 15) is 9.59 Å². The van der Waals surface area contributed by atoms with E-state index in [1.54, 1.807) is 17.8 Å². The summed E-state index contributed by atoms with van der Waals surface area (Å²) in [5.74, 6) is 1.82. The van der Waals surface area contributed by atoms with Gasteiger partial charge in [0.2, 0.25) is 0 Å². The van der Waals surface area contributed by atoms with Crippen LogP contribution in [0.3, 0.4) is 0 Å². The lowest BCUT2D eigenvalue weighted by atomic mass is 9.95. The first-order valence-corrected chi connectivity index (χ1v) is 14.2. The second-order valence-corrected chi connectivity index (χ2v) is 10.9. The molecule has 1 saturated heterocycles. The van der Waals surface area contributed by atoms with Crippen LogP contribution >= 0.6 is 11.3 Å². The lowest BCUT2D eigenvalue weighted by Gasteiger charge is -2.25. The third kappa shape index (κ3) is 5.00. The van der Waals surface area contributed by atoms with Crippen LogP contribution in [-0.2, 0) is 4.79 Å². The standard InChI is InChI=1S/C31H30N4O4S/c1-20-27(29(36)33-22-9-5-3-6-10-22)28(21-11-13-23(38-2)14-12-21)35-30(37)25(40-31(35)32-20)19-24-15-16-26(39-24)34-17-7-4-8-18-34/h3,5-6,9-16,19,28H,4,7-8,17-18H2,1-2H3,(H,33,36)/b25-19+/t28-/m1/s1. The largest absolute Gasteiger partial charge is 0.497 e. The summed E-state index contributed by atoms with van der Waals surface area (Å²) < 4.78 is 13.6. The maximum Gasteiger partial charge on any atom is 0.271 e. The molecule has 0 radical (unpaired) electrons. The average Bonchev–Trinajstić information content (AvgIpc) is 3.57. The topological polar surface area (TPSA) is 89.1 Å². The molecule has 2 aliphatic heterocycles. The minimum absolute atomic E-state index is 0.224. The molecule has 0 spiro atoms. The molecule has 204 valence electrons. The highest BCUT2D eigenvalue weighted by molar-refractivity contribution is 7.07. The summed E-state index contributed by atoms with van der Waals surface area (Å²) in [4.78, 5) is 35.1. The molecule has 0 saturated carbocycles. The smallest absolute Gasteiger partial charge is 0.271 e. The average molecular weight is 555 g/mol. The number of amides is 1. The second kappa shape index (κ2) is 11.0. The number of ether oxygens (including phenoxy) is 1. The fourth-order valence-electron chi connectivity index (χ4n) is 5.27. The SMILES string of the molecule is COc1ccc([C@@H]2C(C(=O)Nc3ccccc3)=C(C)N=c3s/c(=C/c4ccc(N5CCCCC5)o4)c(=O)n32)cc1. The first kappa shape index (κ1) is 25.9. The zero-order valence-electron chi connectivity index (χ0n) is 22.4. The Morgan fingerprint density at radius 1 is 1.05 bits per heavy atom. The minimum atomic E-state index is -0.659. The van der Waals surface area contributed by atoms with Crippen LogP contribution in [0.1, 0.15) is 43.6 Å². The molecule has 9 heteroatoms. The van der Waals surface area contributed by atoms with Gasteiger partial charge in [0.05, 0.1) is 29.0 Å². The number of nitrogens with zero attached hydrogens (tertiary/aromatic N) is 3. The minimum Gasteiger partial charge on any atom is -0.497 e. The molecule has 2 aromatic heterocycles. The highest BCUT2D eigenvalue weighted by Gasteiger charge is 2.32. The molecule has 4 heterocycles. The van der Waals surface area contributed by atoms with Crippen LogP contribution in [-0.4, -0.2) is 30.7 Å². The molecular formula is C31H30N4O4S. The number of hydrogen-bond donors (Lipinski definition) is 1. The molecule has 2 aromatic carbocycles. The molecule has 0 aliphatic carbocycles. The van der Waals surface area contributed by atoms with Crippen LogP contribution in [0.15, 0.2) is 92.2 Å². The summed E-state index contributed by atoms with van der Waals surface area (Å²) in [5.41, 5.74) is 2.20. The summed E-state index contributed by atoms with van der Waals surface area (Å²) in [6.45, 7) is 3.76. The van der Waals surface area contributed by atoms with Crippen molar-refractivity contribution < 1.29 is 13.9 Å². The molecular weight excluding hydrogens is 524 g/mol. The van der Waals surface area contributed by atoms with Gasteiger partial charge in [-0.25, -0.2) is 4.99 Å². The molecule has 2 aliphatic rings. The van der Waals surface area contributed by atoms with Crippen molar-refractivity contribution in [3.63, 3.8) is 0 Å². The summed E-state index contributed by atoms with van der Waals surface area (Å²) >= 11 is 1.29. The van der Waals surface area contributed by atoms with Crippen molar-refractivity contribution in [1.82, 2.24) is 4.57 Å². The van der Waals surface area contributed by atoms with Gasteiger partial charge in [0.1, 0.15) is 11.5 Å². The number of carbonyl (C=O) groups excluding carboxylic acids is 1. The van der Waals surface area contributed by atoms with Crippen LogP contribution in [0.5, 0.6) is 5.75 Å². The maximum absolute atomic E-state index is 13.9. The van der Waals surface area contributed by atoms with E-state index in [-0.39, 0.29) is 11.5 Å². The van der Waals surface area contributed by atoms with Gasteiger partial charge >= 0.3 is 0 Å². The zero-order valence-corrected chi connectivity index (χ0v) is 23.2. The fraction of sp³-hybridized carbons (Fsp3) is 0.258. The van der Waals surface area contributed by atoms with Gasteiger partial charge in [-0.3, -0.25) is 14.2 Å². The highest BCUT2D eigenvalue weighted by Crippen LogP contribution is 2.32. The Labute approximate surface area is 235 Å². The first-order valence-electron chi connectivity index (χ1n) is 13.4. The van der Waals surface area contributed by atoms with E-state index in [0.717, 1.165) is 37.4 Å². The second-order valence-electron chi connectivity index (χ2n) is 9.90. The molecule has 1 amide bonds. The number of anilines is 2. The van der Waals surface area contributed by atoms with Crippen LogP contribution in [0.2, 0.25) is 0 Å². The third-order valence-corrected chi connectivity index (χ3v) is 8.27. The Kier molecular flexibility index (Phi) is 7.13. The number of rotatable bonds is 6. The molecule has 1 atom stereocenters. The summed E-state index contributed by atoms with van der Waals surface area (Å²) in [6.07, 6.45) is 5.32. The van der Waals surface area contributed by atoms with Gasteiger partial charge in [-0.1, -0.05) is 41.7 Å². The number of hydrogen-bond acceptors (Lipinski definition) is 7. The van der Waals surface area contributed by atoms with E-state index in [0.29, 0.717) is 37.8 Å². The normalized spacial score (nSPS) is 17.4. The number of piperidine rings is 1. The van der Waals surface area contributed by atoms with Crippen LogP contribution < -0.4 is 29.8 Å². The molecule has 0 bridgehead atoms. The third-order valence-electron chi connectivity index (χ3n) is 7.28. The maximum atomic E-state index is 13.9. The van der Waals surface area contributed by atoms with Gasteiger partial charge in [-0.15, -0.1) is 0 Å². The molecule has 40 heavy (non-hydrogen) atoms. The number of methoxy groups -OCH3 is 1. The lowest BCUT2D eigenvalue weighted by molar-refractivity contribution is -0.113. The number of benzene rings is 2. The quantitative estimate of drug-likeness (QED) is 0.380. The predicted octanol–water partition coefficient (Wildman–Crippen LogP) is 4.47. The van der Waals surface area contributed by atoms with Gasteiger partial charge < -0.3 is 19.4 Å². The molecule has 8 nitrogen and oxygen atoms in total. The summed E-state index contributed by atoms with van der Waals surface area (Å²) in [7, 11) is 1.60. The van der Waals surface area contributed by atoms with Crippen LogP contribution in [0.25, 0.3) is 6.08 Å². The van der Waals surface area contributed by atoms with Gasteiger partial charge in [-0.2, -0.15) is 0 Å². The van der Waals surface area contributed by atoms with Crippen LogP contribution in [0, 0.1) is 0 Å². The van der Waals surface area contributed by atoms with E-state index in [4.69, 9.17) is 14.1 Å². The first-order chi connectivity index (χ1) is 19.5. The molecule has 4 aromatic rings. The number of thiazole rings is 1. The van der Waals surface area contributed by atoms with E-state index < -0.39 is 6.04 Å². The van der Waals surface area contributed by atoms with Crippen molar-refractivity contribution in [3.8, 4) is 5.75 Å². The summed E-state index contributed by atoms with van der Waals surface area (Å²) in [5, 5.41) is 2.97. The number of fused-ring (bicyclic) bond motifs is 1. The van der Waals surface area contributed by atoms with E-state index in [1.807, 2.05) is 73.7 Å². The number of aromatic nitrogens is 1. The van der Waals surface area contributed by atoms with Gasteiger partial charge in [-0.05, 0) is 62.1 Å². The van der Waals surface area contributed by atoms with Crippen molar-refractivity contribution in [2.45, 2.75) is 32.2 Å². The molecule has 6 rings (SSSR count). The number of carbonyl (C=O) groups is 1. The van der Waals surface area contributed by atoms with E-state index >= 15 is 0 Å². The van der Waals surface area contributed by atoms with Gasteiger partial charge in [0, 0.05) is 30.9 Å². The Hall–Kier alpha value is -4.37. The van der Waals surface area contributed by atoms with Crippen molar-refractivity contribution in [3.05, 3.63) is 109 Å². The van der Waals surface area contributed by atoms with Gasteiger partial charge in [0.25, 0.3) is 11.5 Å². The predicted molar refractivity (Wildman–Crippen MR) is 157 cm³/mol. The Balaban J connectivity index is 1.43. The number of allylic oxidation sites excluding steroid dienone is 1. The molecule has 0 unspecified atom stereocenters. The Morgan fingerprint density at radius 2 is 1.80 bits per heavy atom.